The summed E-state index contributed by atoms with van der Waals surface area (Å²) in [6, 6.07) is 8.86. The van der Waals surface area contributed by atoms with E-state index in [-0.39, 0.29) is 11.7 Å². The van der Waals surface area contributed by atoms with Crippen LogP contribution in [-0.2, 0) is 4.79 Å². The molecule has 2 rings (SSSR count). The molecule has 1 aliphatic rings. The number of hydrogen-bond donors (Lipinski definition) is 1. The van der Waals surface area contributed by atoms with E-state index in [2.05, 4.69) is 6.92 Å². The van der Waals surface area contributed by atoms with Gasteiger partial charge in [-0.05, 0) is 36.5 Å². The Kier molecular flexibility index (Phi) is 3.78. The molecule has 0 radical (unpaired) electrons. The maximum absolute atomic E-state index is 11.9. The van der Waals surface area contributed by atoms with E-state index in [0.717, 1.165) is 18.4 Å². The number of nitriles is 1. The van der Waals surface area contributed by atoms with Gasteiger partial charge in [0.2, 0.25) is 0 Å². The molecule has 1 aromatic carbocycles. The van der Waals surface area contributed by atoms with Gasteiger partial charge in [-0.25, -0.2) is 0 Å². The average Bonchev–Trinajstić information content (AvgIpc) is 2.41. The van der Waals surface area contributed by atoms with Crippen LogP contribution < -0.4 is 0 Å². The van der Waals surface area contributed by atoms with Crippen LogP contribution in [0.15, 0.2) is 24.3 Å². The molecule has 1 aromatic rings. The lowest BCUT2D eigenvalue weighted by Gasteiger charge is -2.29. The van der Waals surface area contributed by atoms with E-state index in [1.807, 2.05) is 6.07 Å². The highest BCUT2D eigenvalue weighted by Crippen LogP contribution is 2.34. The number of rotatable bonds is 2. The SMILES string of the molecule is C[C@H]1CCC(=O)[C@@H]([C@H](O)c2ccc(C#N)cc2)C1. The number of carbonyl (C=O) groups excluding carboxylic acids is 1. The van der Waals surface area contributed by atoms with E-state index in [1.54, 1.807) is 24.3 Å². The summed E-state index contributed by atoms with van der Waals surface area (Å²) in [5.41, 5.74) is 1.29. The summed E-state index contributed by atoms with van der Waals surface area (Å²) in [7, 11) is 0. The van der Waals surface area contributed by atoms with Gasteiger partial charge in [-0.15, -0.1) is 0 Å². The molecular weight excluding hydrogens is 226 g/mol. The topological polar surface area (TPSA) is 61.1 Å². The minimum atomic E-state index is -0.743. The molecule has 1 fully saturated rings. The number of aliphatic hydroxyl groups is 1. The molecule has 3 heteroatoms. The number of hydrogen-bond acceptors (Lipinski definition) is 3. The van der Waals surface area contributed by atoms with Gasteiger partial charge in [0.25, 0.3) is 0 Å². The van der Waals surface area contributed by atoms with Gasteiger partial charge in [0.05, 0.1) is 17.7 Å². The fourth-order valence-corrected chi connectivity index (χ4v) is 2.55. The second kappa shape index (κ2) is 5.32. The van der Waals surface area contributed by atoms with Crippen molar-refractivity contribution in [3.63, 3.8) is 0 Å². The first-order valence-electron chi connectivity index (χ1n) is 6.32. The van der Waals surface area contributed by atoms with Crippen LogP contribution in [0.2, 0.25) is 0 Å². The lowest BCUT2D eigenvalue weighted by molar-refractivity contribution is -0.129. The molecule has 3 nitrogen and oxygen atoms in total. The third kappa shape index (κ3) is 2.60. The average molecular weight is 243 g/mol. The Morgan fingerprint density at radius 3 is 2.67 bits per heavy atom. The van der Waals surface area contributed by atoms with Crippen LogP contribution in [0, 0.1) is 23.2 Å². The summed E-state index contributed by atoms with van der Waals surface area (Å²) in [6.07, 6.45) is 1.50. The molecule has 94 valence electrons. The summed E-state index contributed by atoms with van der Waals surface area (Å²) in [5.74, 6) is 0.354. The van der Waals surface area contributed by atoms with Gasteiger partial charge in [-0.2, -0.15) is 5.26 Å². The van der Waals surface area contributed by atoms with E-state index in [9.17, 15) is 9.90 Å². The number of nitrogens with zero attached hydrogens (tertiary/aromatic N) is 1. The largest absolute Gasteiger partial charge is 0.388 e. The quantitative estimate of drug-likeness (QED) is 0.868. The Morgan fingerprint density at radius 2 is 2.06 bits per heavy atom. The predicted octanol–water partition coefficient (Wildman–Crippen LogP) is 2.60. The molecule has 0 aromatic heterocycles. The van der Waals surface area contributed by atoms with Crippen molar-refractivity contribution in [3.05, 3.63) is 35.4 Å². The van der Waals surface area contributed by atoms with Crippen molar-refractivity contribution in [2.24, 2.45) is 11.8 Å². The molecule has 0 bridgehead atoms. The van der Waals surface area contributed by atoms with Crippen molar-refractivity contribution in [2.75, 3.05) is 0 Å². The number of aliphatic hydroxyl groups excluding tert-OH is 1. The van der Waals surface area contributed by atoms with Crippen molar-refractivity contribution in [1.82, 2.24) is 0 Å². The molecule has 0 heterocycles. The maximum Gasteiger partial charge on any atom is 0.138 e. The third-order valence-corrected chi connectivity index (χ3v) is 3.72. The fraction of sp³-hybridized carbons (Fsp3) is 0.467. The molecule has 0 aliphatic heterocycles. The maximum atomic E-state index is 11.9. The summed E-state index contributed by atoms with van der Waals surface area (Å²) >= 11 is 0. The highest BCUT2D eigenvalue weighted by Gasteiger charge is 2.32. The molecule has 3 atom stereocenters. The Balaban J connectivity index is 2.16. The normalized spacial score (nSPS) is 25.5. The minimum Gasteiger partial charge on any atom is -0.388 e. The zero-order valence-electron chi connectivity index (χ0n) is 10.5. The van der Waals surface area contributed by atoms with E-state index >= 15 is 0 Å². The molecule has 0 amide bonds. The smallest absolute Gasteiger partial charge is 0.138 e. The fourth-order valence-electron chi connectivity index (χ4n) is 2.55. The molecule has 0 spiro atoms. The van der Waals surface area contributed by atoms with Crippen LogP contribution in [0.5, 0.6) is 0 Å². The summed E-state index contributed by atoms with van der Waals surface area (Å²) < 4.78 is 0. The number of carbonyl (C=O) groups is 1. The third-order valence-electron chi connectivity index (χ3n) is 3.72. The molecular formula is C15H17NO2. The predicted molar refractivity (Wildman–Crippen MR) is 67.6 cm³/mol. The first-order valence-corrected chi connectivity index (χ1v) is 6.32. The summed E-state index contributed by atoms with van der Waals surface area (Å²) in [5, 5.41) is 19.0. The van der Waals surface area contributed by atoms with Gasteiger partial charge in [0, 0.05) is 12.3 Å². The van der Waals surface area contributed by atoms with E-state index in [1.165, 1.54) is 0 Å². The molecule has 0 saturated heterocycles. The second-order valence-corrected chi connectivity index (χ2v) is 5.13. The van der Waals surface area contributed by atoms with Gasteiger partial charge in [0.15, 0.2) is 0 Å². The first kappa shape index (κ1) is 12.8. The van der Waals surface area contributed by atoms with E-state index in [4.69, 9.17) is 5.26 Å². The van der Waals surface area contributed by atoms with Crippen LogP contribution in [-0.4, -0.2) is 10.9 Å². The van der Waals surface area contributed by atoms with Crippen LogP contribution >= 0.6 is 0 Å². The molecule has 18 heavy (non-hydrogen) atoms. The van der Waals surface area contributed by atoms with Crippen molar-refractivity contribution in [3.8, 4) is 6.07 Å². The zero-order chi connectivity index (χ0) is 13.1. The van der Waals surface area contributed by atoms with E-state index in [0.29, 0.717) is 17.9 Å². The van der Waals surface area contributed by atoms with Crippen LogP contribution in [0.4, 0.5) is 0 Å². The van der Waals surface area contributed by atoms with Crippen molar-refractivity contribution in [2.45, 2.75) is 32.3 Å². The van der Waals surface area contributed by atoms with E-state index < -0.39 is 6.10 Å². The van der Waals surface area contributed by atoms with Gasteiger partial charge in [-0.1, -0.05) is 19.1 Å². The van der Waals surface area contributed by atoms with Crippen molar-refractivity contribution in [1.29, 1.82) is 5.26 Å². The number of ketones is 1. The van der Waals surface area contributed by atoms with Gasteiger partial charge >= 0.3 is 0 Å². The van der Waals surface area contributed by atoms with Crippen LogP contribution in [0.1, 0.15) is 43.4 Å². The lowest BCUT2D eigenvalue weighted by Crippen LogP contribution is -2.29. The second-order valence-electron chi connectivity index (χ2n) is 5.13. The Bertz CT molecular complexity index is 472. The van der Waals surface area contributed by atoms with Gasteiger partial charge < -0.3 is 5.11 Å². The molecule has 0 unspecified atom stereocenters. The standard InChI is InChI=1S/C15H17NO2/c1-10-2-7-14(17)13(8-10)15(18)12-5-3-11(9-16)4-6-12/h3-6,10,13,15,18H,2,7-8H2,1H3/t10-,13-,15+/m0/s1. The monoisotopic (exact) mass is 243 g/mol. The Hall–Kier alpha value is -1.66. The lowest BCUT2D eigenvalue weighted by atomic mass is 9.77. The Morgan fingerprint density at radius 1 is 1.39 bits per heavy atom. The van der Waals surface area contributed by atoms with Gasteiger partial charge in [-0.3, -0.25) is 4.79 Å². The molecule has 1 aliphatic carbocycles. The minimum absolute atomic E-state index is 0.157. The summed E-state index contributed by atoms with van der Waals surface area (Å²) in [6.45, 7) is 2.12. The van der Waals surface area contributed by atoms with Crippen molar-refractivity contribution < 1.29 is 9.90 Å². The number of benzene rings is 1. The highest BCUT2D eigenvalue weighted by molar-refractivity contribution is 5.82. The molecule has 1 N–H and O–H groups in total. The zero-order valence-corrected chi connectivity index (χ0v) is 10.5. The van der Waals surface area contributed by atoms with Crippen molar-refractivity contribution >= 4 is 5.78 Å². The van der Waals surface area contributed by atoms with Gasteiger partial charge in [0.1, 0.15) is 5.78 Å². The first-order chi connectivity index (χ1) is 8.61. The highest BCUT2D eigenvalue weighted by atomic mass is 16.3. The number of Topliss-reactive ketones (excluding diaryl/α,β-unsaturated/α-hetero) is 1. The summed E-state index contributed by atoms with van der Waals surface area (Å²) in [4.78, 5) is 11.9. The Labute approximate surface area is 107 Å². The van der Waals surface area contributed by atoms with Crippen LogP contribution in [0.25, 0.3) is 0 Å². The molecule has 1 saturated carbocycles. The van der Waals surface area contributed by atoms with Crippen LogP contribution in [0.3, 0.4) is 0 Å².